The number of aromatic nitrogens is 2. The van der Waals surface area contributed by atoms with E-state index in [1.165, 1.54) is 10.5 Å². The average Bonchev–Trinajstić information content (AvgIpc) is 2.83. The number of rotatable bonds is 1. The van der Waals surface area contributed by atoms with Crippen molar-refractivity contribution in [3.8, 4) is 0 Å². The molecule has 1 aromatic carbocycles. The van der Waals surface area contributed by atoms with E-state index in [1.807, 2.05) is 17.8 Å². The van der Waals surface area contributed by atoms with Gasteiger partial charge in [0.2, 0.25) is 10.6 Å². The Hall–Kier alpha value is -0.810. The van der Waals surface area contributed by atoms with Gasteiger partial charge in [0.05, 0.1) is 5.92 Å². The molecule has 2 aromatic rings. The molecule has 5 heteroatoms. The van der Waals surface area contributed by atoms with Crippen molar-refractivity contribution in [3.63, 3.8) is 0 Å². The van der Waals surface area contributed by atoms with E-state index in [0.717, 1.165) is 5.75 Å². The Morgan fingerprint density at radius 1 is 1.40 bits per heavy atom. The van der Waals surface area contributed by atoms with E-state index >= 15 is 0 Å². The highest BCUT2D eigenvalue weighted by atomic mass is 79.9. The fraction of sp³-hybridized carbons (Fsp3) is 0.200. The van der Waals surface area contributed by atoms with Gasteiger partial charge < -0.3 is 4.52 Å². The molecular weight excluding hydrogens is 276 g/mol. The topological polar surface area (TPSA) is 38.9 Å². The number of hydrogen-bond donors (Lipinski definition) is 0. The Balaban J connectivity index is 2.04. The summed E-state index contributed by atoms with van der Waals surface area (Å²) in [5.74, 6) is 1.91. The normalized spacial score (nSPS) is 19.1. The molecule has 0 amide bonds. The molecule has 0 saturated heterocycles. The molecule has 0 saturated carbocycles. The van der Waals surface area contributed by atoms with Crippen LogP contribution in [0.5, 0.6) is 0 Å². The molecule has 76 valence electrons. The summed E-state index contributed by atoms with van der Waals surface area (Å²) in [4.78, 5) is 5.53. The molecule has 0 bridgehead atoms. The lowest BCUT2D eigenvalue weighted by Crippen LogP contribution is -1.99. The van der Waals surface area contributed by atoms with Crippen LogP contribution in [-0.2, 0) is 0 Å². The summed E-state index contributed by atoms with van der Waals surface area (Å²) >= 11 is 5.03. The third kappa shape index (κ3) is 1.59. The van der Waals surface area contributed by atoms with Gasteiger partial charge in [-0.05, 0) is 32.7 Å². The highest BCUT2D eigenvalue weighted by Gasteiger charge is 2.28. The SMILES string of the molecule is Brc1noc(C2CSc3ccccc32)n1. The van der Waals surface area contributed by atoms with Gasteiger partial charge in [-0.25, -0.2) is 0 Å². The molecule has 1 atom stereocenters. The molecule has 1 unspecified atom stereocenters. The van der Waals surface area contributed by atoms with Crippen LogP contribution in [0.4, 0.5) is 0 Å². The van der Waals surface area contributed by atoms with E-state index in [9.17, 15) is 0 Å². The Kier molecular flexibility index (Phi) is 2.29. The van der Waals surface area contributed by atoms with Gasteiger partial charge in [-0.15, -0.1) is 11.8 Å². The van der Waals surface area contributed by atoms with Crippen LogP contribution in [0.15, 0.2) is 38.4 Å². The van der Waals surface area contributed by atoms with Gasteiger partial charge in [-0.1, -0.05) is 18.2 Å². The van der Waals surface area contributed by atoms with Crippen molar-refractivity contribution in [1.29, 1.82) is 0 Å². The summed E-state index contributed by atoms with van der Waals surface area (Å²) in [7, 11) is 0. The lowest BCUT2D eigenvalue weighted by molar-refractivity contribution is 0.368. The van der Waals surface area contributed by atoms with Gasteiger partial charge in [0.25, 0.3) is 0 Å². The first-order valence-electron chi connectivity index (χ1n) is 4.55. The largest absolute Gasteiger partial charge is 0.338 e. The fourth-order valence-corrected chi connectivity index (χ4v) is 3.19. The van der Waals surface area contributed by atoms with Gasteiger partial charge in [0.15, 0.2) is 0 Å². The minimum atomic E-state index is 0.241. The monoisotopic (exact) mass is 282 g/mol. The zero-order chi connectivity index (χ0) is 10.3. The van der Waals surface area contributed by atoms with Crippen molar-refractivity contribution in [2.45, 2.75) is 10.8 Å². The highest BCUT2D eigenvalue weighted by Crippen LogP contribution is 2.42. The van der Waals surface area contributed by atoms with Crippen LogP contribution in [0.1, 0.15) is 17.4 Å². The lowest BCUT2D eigenvalue weighted by Gasteiger charge is -2.03. The predicted molar refractivity (Wildman–Crippen MR) is 61.0 cm³/mol. The number of fused-ring (bicyclic) bond motifs is 1. The second-order valence-corrected chi connectivity index (χ2v) is 5.07. The van der Waals surface area contributed by atoms with E-state index in [1.54, 1.807) is 0 Å². The molecule has 0 aliphatic carbocycles. The third-order valence-corrected chi connectivity index (χ3v) is 3.92. The Morgan fingerprint density at radius 3 is 3.07 bits per heavy atom. The standard InChI is InChI=1S/C10H7BrN2OS/c11-10-12-9(14-13-10)7-5-15-8-4-2-1-3-6(7)8/h1-4,7H,5H2. The molecule has 0 spiro atoms. The summed E-state index contributed by atoms with van der Waals surface area (Å²) < 4.78 is 5.70. The summed E-state index contributed by atoms with van der Waals surface area (Å²) in [6.45, 7) is 0. The quantitative estimate of drug-likeness (QED) is 0.806. The molecule has 0 fully saturated rings. The van der Waals surface area contributed by atoms with Crippen molar-refractivity contribution in [2.75, 3.05) is 5.75 Å². The minimum Gasteiger partial charge on any atom is -0.338 e. The highest BCUT2D eigenvalue weighted by molar-refractivity contribution is 9.10. The molecule has 2 heterocycles. The van der Waals surface area contributed by atoms with Crippen molar-refractivity contribution in [1.82, 2.24) is 10.1 Å². The average molecular weight is 283 g/mol. The van der Waals surface area contributed by atoms with Gasteiger partial charge in [-0.3, -0.25) is 0 Å². The van der Waals surface area contributed by atoms with E-state index < -0.39 is 0 Å². The van der Waals surface area contributed by atoms with Crippen LogP contribution < -0.4 is 0 Å². The van der Waals surface area contributed by atoms with E-state index in [2.05, 4.69) is 44.3 Å². The molecule has 1 aliphatic rings. The second kappa shape index (κ2) is 3.64. The van der Waals surface area contributed by atoms with Gasteiger partial charge in [0, 0.05) is 10.6 Å². The number of halogens is 1. The first-order valence-corrected chi connectivity index (χ1v) is 6.33. The van der Waals surface area contributed by atoms with Crippen LogP contribution >= 0.6 is 27.7 Å². The third-order valence-electron chi connectivity index (χ3n) is 2.41. The van der Waals surface area contributed by atoms with E-state index in [-0.39, 0.29) is 5.92 Å². The maximum absolute atomic E-state index is 5.18. The molecule has 3 nitrogen and oxygen atoms in total. The Morgan fingerprint density at radius 2 is 2.27 bits per heavy atom. The maximum Gasteiger partial charge on any atom is 0.238 e. The summed E-state index contributed by atoms with van der Waals surface area (Å²) in [6.07, 6.45) is 0. The van der Waals surface area contributed by atoms with Crippen LogP contribution in [0.25, 0.3) is 0 Å². The molecular formula is C10H7BrN2OS. The second-order valence-electron chi connectivity index (χ2n) is 3.30. The van der Waals surface area contributed by atoms with Gasteiger partial charge in [0.1, 0.15) is 0 Å². The summed E-state index contributed by atoms with van der Waals surface area (Å²) in [6, 6.07) is 8.35. The fourth-order valence-electron chi connectivity index (χ4n) is 1.72. The Bertz CT molecular complexity index is 500. The smallest absolute Gasteiger partial charge is 0.238 e. The van der Waals surface area contributed by atoms with Gasteiger partial charge >= 0.3 is 0 Å². The molecule has 15 heavy (non-hydrogen) atoms. The first-order chi connectivity index (χ1) is 7.34. The number of benzene rings is 1. The van der Waals surface area contributed by atoms with Crippen molar-refractivity contribution < 1.29 is 4.52 Å². The zero-order valence-electron chi connectivity index (χ0n) is 7.68. The number of hydrogen-bond acceptors (Lipinski definition) is 4. The first kappa shape index (κ1) is 9.42. The predicted octanol–water partition coefficient (Wildman–Crippen LogP) is 3.07. The van der Waals surface area contributed by atoms with Gasteiger partial charge in [-0.2, -0.15) is 4.98 Å². The van der Waals surface area contributed by atoms with Crippen molar-refractivity contribution >= 4 is 27.7 Å². The zero-order valence-corrected chi connectivity index (χ0v) is 10.1. The van der Waals surface area contributed by atoms with Crippen LogP contribution in [0, 0.1) is 0 Å². The molecule has 3 rings (SSSR count). The molecule has 1 aromatic heterocycles. The van der Waals surface area contributed by atoms with Crippen LogP contribution in [-0.4, -0.2) is 15.9 Å². The summed E-state index contributed by atoms with van der Waals surface area (Å²) in [5, 5.41) is 3.76. The van der Waals surface area contributed by atoms with E-state index in [4.69, 9.17) is 4.52 Å². The maximum atomic E-state index is 5.18. The number of nitrogens with zero attached hydrogens (tertiary/aromatic N) is 2. The molecule has 0 radical (unpaired) electrons. The lowest BCUT2D eigenvalue weighted by atomic mass is 10.0. The van der Waals surface area contributed by atoms with Crippen LogP contribution in [0.2, 0.25) is 0 Å². The molecule has 1 aliphatic heterocycles. The van der Waals surface area contributed by atoms with Crippen LogP contribution in [0.3, 0.4) is 0 Å². The molecule has 0 N–H and O–H groups in total. The van der Waals surface area contributed by atoms with E-state index in [0.29, 0.717) is 10.6 Å². The van der Waals surface area contributed by atoms with Crippen molar-refractivity contribution in [3.05, 3.63) is 40.5 Å². The number of thioether (sulfide) groups is 1. The summed E-state index contributed by atoms with van der Waals surface area (Å²) in [5.41, 5.74) is 1.29. The minimum absolute atomic E-state index is 0.241. The van der Waals surface area contributed by atoms with Crippen molar-refractivity contribution in [2.24, 2.45) is 0 Å². The Labute approximate surface area is 99.4 Å².